The SMILES string of the molecule is Cc1cn2cc(NC(=O)N3CCc4c(N5CCN(C(=O)OC(C)(C)C)C6(CC6)C5)ccnc43)ccc2n1. The molecule has 2 aliphatic heterocycles. The molecule has 0 atom stereocenters. The van der Waals surface area contributed by atoms with Gasteiger partial charge in [0.25, 0.3) is 0 Å². The van der Waals surface area contributed by atoms with Crippen molar-refractivity contribution in [1.29, 1.82) is 0 Å². The third-order valence-electron chi connectivity index (χ3n) is 7.35. The number of aryl methyl sites for hydroxylation is 1. The molecule has 1 spiro atoms. The lowest BCUT2D eigenvalue weighted by Crippen LogP contribution is -2.58. The molecular weight excluding hydrogens is 470 g/mol. The van der Waals surface area contributed by atoms with Crippen molar-refractivity contribution in [3.8, 4) is 0 Å². The topological polar surface area (TPSA) is 95.3 Å². The van der Waals surface area contributed by atoms with E-state index in [-0.39, 0.29) is 17.7 Å². The highest BCUT2D eigenvalue weighted by atomic mass is 16.6. The van der Waals surface area contributed by atoms with E-state index in [2.05, 4.69) is 20.2 Å². The van der Waals surface area contributed by atoms with Crippen LogP contribution in [0.2, 0.25) is 0 Å². The molecule has 37 heavy (non-hydrogen) atoms. The minimum atomic E-state index is -0.510. The lowest BCUT2D eigenvalue weighted by Gasteiger charge is -2.43. The molecule has 0 bridgehead atoms. The van der Waals surface area contributed by atoms with Crippen LogP contribution >= 0.6 is 0 Å². The van der Waals surface area contributed by atoms with E-state index in [1.807, 2.05) is 67.6 Å². The van der Waals surface area contributed by atoms with Crippen LogP contribution < -0.4 is 15.1 Å². The highest BCUT2D eigenvalue weighted by Gasteiger charge is 2.54. The number of fused-ring (bicyclic) bond motifs is 2. The number of nitrogens with zero attached hydrogens (tertiary/aromatic N) is 6. The number of anilines is 3. The zero-order valence-electron chi connectivity index (χ0n) is 21.8. The van der Waals surface area contributed by atoms with Gasteiger partial charge in [0.1, 0.15) is 17.1 Å². The number of amides is 3. The molecule has 0 unspecified atom stereocenters. The Kier molecular flexibility index (Phi) is 5.32. The number of carbonyl (C=O) groups is 2. The van der Waals surface area contributed by atoms with Crippen LogP contribution in [0.15, 0.2) is 36.8 Å². The number of aromatic nitrogens is 3. The molecule has 0 radical (unpaired) electrons. The van der Waals surface area contributed by atoms with Gasteiger partial charge in [0.05, 0.1) is 16.9 Å². The maximum atomic E-state index is 13.2. The summed E-state index contributed by atoms with van der Waals surface area (Å²) in [5, 5.41) is 3.01. The molecule has 3 aromatic rings. The monoisotopic (exact) mass is 503 g/mol. The Bertz CT molecular complexity index is 1390. The maximum absolute atomic E-state index is 13.2. The fourth-order valence-electron chi connectivity index (χ4n) is 5.51. The smallest absolute Gasteiger partial charge is 0.410 e. The molecule has 10 nitrogen and oxygen atoms in total. The third kappa shape index (κ3) is 4.34. The van der Waals surface area contributed by atoms with Crippen molar-refractivity contribution >= 4 is 35.0 Å². The van der Waals surface area contributed by atoms with E-state index in [1.165, 1.54) is 0 Å². The summed E-state index contributed by atoms with van der Waals surface area (Å²) in [5.74, 6) is 0.703. The van der Waals surface area contributed by atoms with Crippen molar-refractivity contribution in [2.75, 3.05) is 41.3 Å². The number of hydrogen-bond donors (Lipinski definition) is 1. The second kappa shape index (κ2) is 8.36. The number of urea groups is 1. The van der Waals surface area contributed by atoms with Crippen LogP contribution in [0.5, 0.6) is 0 Å². The summed E-state index contributed by atoms with van der Waals surface area (Å²) >= 11 is 0. The molecule has 5 heterocycles. The quantitative estimate of drug-likeness (QED) is 0.563. The van der Waals surface area contributed by atoms with Crippen molar-refractivity contribution in [1.82, 2.24) is 19.3 Å². The van der Waals surface area contributed by atoms with Crippen molar-refractivity contribution < 1.29 is 14.3 Å². The number of carbonyl (C=O) groups excluding carboxylic acids is 2. The number of rotatable bonds is 2. The highest BCUT2D eigenvalue weighted by Crippen LogP contribution is 2.47. The van der Waals surface area contributed by atoms with Gasteiger partial charge in [-0.15, -0.1) is 0 Å². The summed E-state index contributed by atoms with van der Waals surface area (Å²) in [6, 6.07) is 5.59. The van der Waals surface area contributed by atoms with E-state index < -0.39 is 5.60 Å². The largest absolute Gasteiger partial charge is 0.444 e. The Hall–Kier alpha value is -3.82. The molecule has 6 rings (SSSR count). The van der Waals surface area contributed by atoms with E-state index >= 15 is 0 Å². The van der Waals surface area contributed by atoms with Crippen LogP contribution in [0.1, 0.15) is 44.9 Å². The van der Waals surface area contributed by atoms with Gasteiger partial charge in [-0.3, -0.25) is 9.80 Å². The number of imidazole rings is 1. The van der Waals surface area contributed by atoms with E-state index in [9.17, 15) is 9.59 Å². The lowest BCUT2D eigenvalue weighted by atomic mass is 10.1. The second-order valence-electron chi connectivity index (χ2n) is 11.3. The predicted octanol–water partition coefficient (Wildman–Crippen LogP) is 4.22. The first kappa shape index (κ1) is 23.6. The summed E-state index contributed by atoms with van der Waals surface area (Å²) in [4.78, 5) is 41.1. The standard InChI is InChI=1S/C27H33N7O3/c1-18-15-32-16-19(5-6-22(32)29-18)30-24(35)33-12-8-20-21(7-11-28-23(20)33)31-13-14-34(27(17-31)9-10-27)25(36)37-26(2,3)4/h5-7,11,15-16H,8-10,12-14,17H2,1-4H3,(H,30,35). The molecule has 0 aromatic carbocycles. The molecule has 1 N–H and O–H groups in total. The number of ether oxygens (including phenoxy) is 1. The van der Waals surface area contributed by atoms with Gasteiger partial charge >= 0.3 is 12.1 Å². The number of pyridine rings is 2. The maximum Gasteiger partial charge on any atom is 0.410 e. The van der Waals surface area contributed by atoms with Gasteiger partial charge in [-0.2, -0.15) is 0 Å². The summed E-state index contributed by atoms with van der Waals surface area (Å²) in [7, 11) is 0. The Morgan fingerprint density at radius 1 is 1.08 bits per heavy atom. The number of nitrogens with one attached hydrogen (secondary N) is 1. The Labute approximate surface area is 216 Å². The normalized spacial score (nSPS) is 18.3. The minimum Gasteiger partial charge on any atom is -0.444 e. The van der Waals surface area contributed by atoms with E-state index in [0.717, 1.165) is 48.4 Å². The van der Waals surface area contributed by atoms with Crippen molar-refractivity contribution in [3.05, 3.63) is 48.0 Å². The molecule has 1 saturated heterocycles. The first-order chi connectivity index (χ1) is 17.6. The summed E-state index contributed by atoms with van der Waals surface area (Å²) < 4.78 is 7.59. The summed E-state index contributed by atoms with van der Waals surface area (Å²) in [6.07, 6.45) is 8.05. The van der Waals surface area contributed by atoms with Gasteiger partial charge in [-0.25, -0.2) is 19.6 Å². The van der Waals surface area contributed by atoms with E-state index in [4.69, 9.17) is 4.74 Å². The van der Waals surface area contributed by atoms with Gasteiger partial charge in [0, 0.05) is 56.0 Å². The average molecular weight is 504 g/mol. The molecule has 194 valence electrons. The van der Waals surface area contributed by atoms with E-state index in [0.29, 0.717) is 31.1 Å². The predicted molar refractivity (Wildman–Crippen MR) is 141 cm³/mol. The molecule has 2 fully saturated rings. The molecule has 3 amide bonds. The van der Waals surface area contributed by atoms with Crippen LogP contribution in [0.3, 0.4) is 0 Å². The minimum absolute atomic E-state index is 0.170. The van der Waals surface area contributed by atoms with Gasteiger partial charge in [0.2, 0.25) is 0 Å². The number of piperazine rings is 1. The average Bonchev–Trinajstić information content (AvgIpc) is 3.27. The lowest BCUT2D eigenvalue weighted by molar-refractivity contribution is 0.0106. The Morgan fingerprint density at radius 2 is 1.89 bits per heavy atom. The van der Waals surface area contributed by atoms with Crippen LogP contribution in [0.4, 0.5) is 26.8 Å². The first-order valence-electron chi connectivity index (χ1n) is 12.9. The highest BCUT2D eigenvalue weighted by molar-refractivity contribution is 6.03. The fraction of sp³-hybridized carbons (Fsp3) is 0.481. The zero-order chi connectivity index (χ0) is 25.9. The molecule has 10 heteroatoms. The van der Waals surface area contributed by atoms with Crippen LogP contribution in [0, 0.1) is 6.92 Å². The van der Waals surface area contributed by atoms with Crippen LogP contribution in [-0.2, 0) is 11.2 Å². The van der Waals surface area contributed by atoms with Gasteiger partial charge in [0.15, 0.2) is 0 Å². The molecule has 1 saturated carbocycles. The molecule has 3 aromatic heterocycles. The van der Waals surface area contributed by atoms with Gasteiger partial charge < -0.3 is 19.4 Å². The molecule has 3 aliphatic rings. The fourth-order valence-corrected chi connectivity index (χ4v) is 5.51. The van der Waals surface area contributed by atoms with Crippen molar-refractivity contribution in [2.45, 2.75) is 58.1 Å². The number of hydrogen-bond acceptors (Lipinski definition) is 6. The van der Waals surface area contributed by atoms with Crippen LogP contribution in [-0.4, -0.2) is 68.7 Å². The van der Waals surface area contributed by atoms with Gasteiger partial charge in [-0.05, 0) is 65.2 Å². The second-order valence-corrected chi connectivity index (χ2v) is 11.3. The Balaban J connectivity index is 1.18. The summed E-state index contributed by atoms with van der Waals surface area (Å²) in [6.45, 7) is 10.3. The van der Waals surface area contributed by atoms with Gasteiger partial charge in [-0.1, -0.05) is 0 Å². The Morgan fingerprint density at radius 3 is 2.65 bits per heavy atom. The van der Waals surface area contributed by atoms with Crippen molar-refractivity contribution in [3.63, 3.8) is 0 Å². The summed E-state index contributed by atoms with van der Waals surface area (Å²) in [5.41, 5.74) is 3.97. The molecule has 1 aliphatic carbocycles. The molecular formula is C27H33N7O3. The van der Waals surface area contributed by atoms with Crippen molar-refractivity contribution in [2.24, 2.45) is 0 Å². The van der Waals surface area contributed by atoms with Crippen LogP contribution in [0.25, 0.3) is 5.65 Å². The zero-order valence-corrected chi connectivity index (χ0v) is 21.8. The van der Waals surface area contributed by atoms with E-state index in [1.54, 1.807) is 11.1 Å². The first-order valence-corrected chi connectivity index (χ1v) is 12.9. The third-order valence-corrected chi connectivity index (χ3v) is 7.35.